The van der Waals surface area contributed by atoms with Gasteiger partial charge in [-0.05, 0) is 38.3 Å². The molecule has 0 aliphatic carbocycles. The Morgan fingerprint density at radius 2 is 2.18 bits per heavy atom. The van der Waals surface area contributed by atoms with Gasteiger partial charge in [0.2, 0.25) is 0 Å². The molecule has 1 fully saturated rings. The van der Waals surface area contributed by atoms with E-state index in [1.165, 1.54) is 5.56 Å². The summed E-state index contributed by atoms with van der Waals surface area (Å²) in [7, 11) is 1.96. The predicted octanol–water partition coefficient (Wildman–Crippen LogP) is 3.48. The number of nitrogens with zero attached hydrogens (tertiary/aromatic N) is 4. The fourth-order valence-corrected chi connectivity index (χ4v) is 3.64. The van der Waals surface area contributed by atoms with Crippen molar-refractivity contribution in [1.82, 2.24) is 25.4 Å². The highest BCUT2D eigenvalue weighted by atomic mass is 127. The van der Waals surface area contributed by atoms with Crippen molar-refractivity contribution < 1.29 is 4.74 Å². The number of benzene rings is 1. The summed E-state index contributed by atoms with van der Waals surface area (Å²) < 4.78 is 8.75. The number of halogens is 2. The van der Waals surface area contributed by atoms with Gasteiger partial charge in [0.15, 0.2) is 11.8 Å². The number of ether oxygens (including phenoxy) is 1. The third-order valence-electron chi connectivity index (χ3n) is 4.81. The lowest BCUT2D eigenvalue weighted by atomic mass is 10.1. The maximum Gasteiger partial charge on any atom is 0.192 e. The Kier molecular flexibility index (Phi) is 9.16. The molecule has 2 heterocycles. The molecule has 0 amide bonds. The summed E-state index contributed by atoms with van der Waals surface area (Å²) in [5, 5.41) is 15.2. The molecular formula is C19H28BrIN6O. The van der Waals surface area contributed by atoms with E-state index in [4.69, 9.17) is 9.73 Å². The zero-order valence-electron chi connectivity index (χ0n) is 16.5. The first-order valence-electron chi connectivity index (χ1n) is 9.30. The highest BCUT2D eigenvalue weighted by Crippen LogP contribution is 2.22. The summed E-state index contributed by atoms with van der Waals surface area (Å²) in [6.45, 7) is 6.10. The number of hydrogen-bond donors (Lipinski definition) is 2. The van der Waals surface area contributed by atoms with Gasteiger partial charge < -0.3 is 19.9 Å². The lowest BCUT2D eigenvalue weighted by Gasteiger charge is -2.21. The Hall–Kier alpha value is -1.20. The van der Waals surface area contributed by atoms with Crippen molar-refractivity contribution >= 4 is 45.9 Å². The Morgan fingerprint density at radius 1 is 1.39 bits per heavy atom. The van der Waals surface area contributed by atoms with Crippen LogP contribution >= 0.6 is 39.9 Å². The van der Waals surface area contributed by atoms with Gasteiger partial charge in [-0.25, -0.2) is 4.99 Å². The first-order valence-corrected chi connectivity index (χ1v) is 10.1. The second-order valence-corrected chi connectivity index (χ2v) is 7.65. The van der Waals surface area contributed by atoms with Crippen LogP contribution < -0.4 is 10.6 Å². The Labute approximate surface area is 191 Å². The van der Waals surface area contributed by atoms with E-state index in [2.05, 4.69) is 49.8 Å². The van der Waals surface area contributed by atoms with Crippen LogP contribution in [0.1, 0.15) is 43.0 Å². The van der Waals surface area contributed by atoms with Crippen molar-refractivity contribution in [1.29, 1.82) is 0 Å². The average Bonchev–Trinajstić information content (AvgIpc) is 3.29. The standard InChI is InChI=1S/C19H27BrN6O.HI/c1-13(16-8-4-5-9-17(16)20)23-19(21-11-15-7-6-10-27-15)22-12-18-25-24-14(2)26(18)3;/h4-5,8-9,13,15H,6-7,10-12H2,1-3H3,(H2,21,22,23);1H. The molecule has 1 aliphatic rings. The Balaban J connectivity index is 0.00000280. The van der Waals surface area contributed by atoms with E-state index in [1.54, 1.807) is 0 Å². The molecule has 2 atom stereocenters. The predicted molar refractivity (Wildman–Crippen MR) is 125 cm³/mol. The molecule has 0 spiro atoms. The monoisotopic (exact) mass is 562 g/mol. The molecule has 1 aromatic carbocycles. The zero-order chi connectivity index (χ0) is 19.2. The van der Waals surface area contributed by atoms with Gasteiger partial charge in [-0.1, -0.05) is 34.1 Å². The lowest BCUT2D eigenvalue weighted by molar-refractivity contribution is 0.113. The molecule has 0 bridgehead atoms. The number of aromatic nitrogens is 3. The summed E-state index contributed by atoms with van der Waals surface area (Å²) in [5.74, 6) is 2.46. The van der Waals surface area contributed by atoms with Crippen molar-refractivity contribution in [2.45, 2.75) is 45.4 Å². The van der Waals surface area contributed by atoms with Crippen molar-refractivity contribution in [3.63, 3.8) is 0 Å². The minimum atomic E-state index is 0. The maximum atomic E-state index is 5.72. The van der Waals surface area contributed by atoms with E-state index in [9.17, 15) is 0 Å². The molecule has 2 N–H and O–H groups in total. The lowest BCUT2D eigenvalue weighted by Crippen LogP contribution is -2.42. The van der Waals surface area contributed by atoms with Gasteiger partial charge >= 0.3 is 0 Å². The molecular weight excluding hydrogens is 535 g/mol. The molecule has 2 aromatic rings. The second-order valence-electron chi connectivity index (χ2n) is 6.79. The molecule has 7 nitrogen and oxygen atoms in total. The quantitative estimate of drug-likeness (QED) is 0.320. The molecule has 1 aromatic heterocycles. The van der Waals surface area contributed by atoms with Crippen LogP contribution in [-0.4, -0.2) is 40.0 Å². The van der Waals surface area contributed by atoms with Crippen molar-refractivity contribution in [3.8, 4) is 0 Å². The van der Waals surface area contributed by atoms with Crippen molar-refractivity contribution in [2.75, 3.05) is 13.2 Å². The van der Waals surface area contributed by atoms with Crippen LogP contribution in [0.4, 0.5) is 0 Å². The van der Waals surface area contributed by atoms with E-state index >= 15 is 0 Å². The molecule has 0 radical (unpaired) electrons. The largest absolute Gasteiger partial charge is 0.376 e. The molecule has 28 heavy (non-hydrogen) atoms. The maximum absolute atomic E-state index is 5.72. The topological polar surface area (TPSA) is 76.4 Å². The fourth-order valence-electron chi connectivity index (χ4n) is 3.02. The third kappa shape index (κ3) is 6.15. The van der Waals surface area contributed by atoms with E-state index in [0.29, 0.717) is 6.54 Å². The average molecular weight is 563 g/mol. The first-order chi connectivity index (χ1) is 13.0. The van der Waals surface area contributed by atoms with Gasteiger partial charge in [0.25, 0.3) is 0 Å². The summed E-state index contributed by atoms with van der Waals surface area (Å²) in [4.78, 5) is 4.72. The normalized spacial score (nSPS) is 17.9. The van der Waals surface area contributed by atoms with E-state index < -0.39 is 0 Å². The van der Waals surface area contributed by atoms with E-state index in [-0.39, 0.29) is 36.1 Å². The van der Waals surface area contributed by atoms with Gasteiger partial charge in [-0.3, -0.25) is 0 Å². The molecule has 0 saturated carbocycles. The number of aryl methyl sites for hydroxylation is 1. The van der Waals surface area contributed by atoms with Crippen LogP contribution in [0.15, 0.2) is 33.7 Å². The highest BCUT2D eigenvalue weighted by molar-refractivity contribution is 14.0. The number of aliphatic imine (C=N–C) groups is 1. The number of hydrogen-bond acceptors (Lipinski definition) is 4. The fraction of sp³-hybridized carbons (Fsp3) is 0.526. The highest BCUT2D eigenvalue weighted by Gasteiger charge is 2.17. The summed E-state index contributed by atoms with van der Waals surface area (Å²) in [5.41, 5.74) is 1.18. The molecule has 154 valence electrons. The van der Waals surface area contributed by atoms with Gasteiger partial charge in [-0.2, -0.15) is 0 Å². The minimum absolute atomic E-state index is 0. The van der Waals surface area contributed by atoms with Crippen LogP contribution in [0.5, 0.6) is 0 Å². The SMILES string of the molecule is Cc1nnc(CN=C(NCC2CCCO2)NC(C)c2ccccc2Br)n1C.I. The van der Waals surface area contributed by atoms with Crippen LogP contribution in [0, 0.1) is 6.92 Å². The van der Waals surface area contributed by atoms with Gasteiger partial charge in [0, 0.05) is 24.7 Å². The second kappa shape index (κ2) is 11.1. The van der Waals surface area contributed by atoms with Gasteiger partial charge in [0.05, 0.1) is 12.1 Å². The van der Waals surface area contributed by atoms with Gasteiger partial charge in [0.1, 0.15) is 12.4 Å². The first kappa shape index (κ1) is 23.1. The van der Waals surface area contributed by atoms with E-state index in [0.717, 1.165) is 48.1 Å². The molecule has 1 saturated heterocycles. The van der Waals surface area contributed by atoms with Gasteiger partial charge in [-0.15, -0.1) is 34.2 Å². The molecule has 3 rings (SSSR count). The van der Waals surface area contributed by atoms with Crippen LogP contribution in [0.3, 0.4) is 0 Å². The number of guanidine groups is 1. The van der Waals surface area contributed by atoms with Crippen molar-refractivity contribution in [3.05, 3.63) is 46.0 Å². The molecule has 2 unspecified atom stereocenters. The number of nitrogens with one attached hydrogen (secondary N) is 2. The van der Waals surface area contributed by atoms with Crippen LogP contribution in [0.25, 0.3) is 0 Å². The summed E-state index contributed by atoms with van der Waals surface area (Å²) >= 11 is 3.63. The Morgan fingerprint density at radius 3 is 2.82 bits per heavy atom. The van der Waals surface area contributed by atoms with Crippen LogP contribution in [-0.2, 0) is 18.3 Å². The zero-order valence-corrected chi connectivity index (χ0v) is 20.4. The molecule has 9 heteroatoms. The van der Waals surface area contributed by atoms with E-state index in [1.807, 2.05) is 36.7 Å². The van der Waals surface area contributed by atoms with Crippen LogP contribution in [0.2, 0.25) is 0 Å². The summed E-state index contributed by atoms with van der Waals surface area (Å²) in [6, 6.07) is 8.30. The third-order valence-corrected chi connectivity index (χ3v) is 5.53. The van der Waals surface area contributed by atoms with Crippen molar-refractivity contribution in [2.24, 2.45) is 12.0 Å². The molecule has 1 aliphatic heterocycles. The smallest absolute Gasteiger partial charge is 0.192 e. The number of rotatable bonds is 6. The minimum Gasteiger partial charge on any atom is -0.376 e. The Bertz CT molecular complexity index is 790. The summed E-state index contributed by atoms with van der Waals surface area (Å²) in [6.07, 6.45) is 2.45.